The highest BCUT2D eigenvalue weighted by Gasteiger charge is 2.09. The molecule has 2 N–H and O–H groups in total. The molecule has 0 aliphatic carbocycles. The molecular weight excluding hydrogens is 372 g/mol. The van der Waals surface area contributed by atoms with Crippen molar-refractivity contribution in [1.82, 2.24) is 15.2 Å². The van der Waals surface area contributed by atoms with Gasteiger partial charge in [0.25, 0.3) is 5.91 Å². The van der Waals surface area contributed by atoms with E-state index in [1.165, 1.54) is 0 Å². The Morgan fingerprint density at radius 1 is 1.25 bits per heavy atom. The Morgan fingerprint density at radius 2 is 2.04 bits per heavy atom. The van der Waals surface area contributed by atoms with Gasteiger partial charge in [-0.05, 0) is 25.1 Å². The molecule has 24 heavy (non-hydrogen) atoms. The summed E-state index contributed by atoms with van der Waals surface area (Å²) in [6, 6.07) is 15.1. The number of hydrogen-bond donors (Lipinski definition) is 2. The molecular formula is C17H15BrN4O2. The van der Waals surface area contributed by atoms with Crippen molar-refractivity contribution in [3.8, 4) is 17.1 Å². The predicted octanol–water partition coefficient (Wildman–Crippen LogP) is 3.56. The van der Waals surface area contributed by atoms with Gasteiger partial charge >= 0.3 is 0 Å². The topological polar surface area (TPSA) is 79.9 Å². The Labute approximate surface area is 147 Å². The fraction of sp³-hybridized carbons (Fsp3) is 0.118. The van der Waals surface area contributed by atoms with Gasteiger partial charge in [0, 0.05) is 10.0 Å². The lowest BCUT2D eigenvalue weighted by Gasteiger charge is -2.05. The monoisotopic (exact) mass is 386 g/mol. The number of rotatable bonds is 5. The number of nitrogens with one attached hydrogen (secondary N) is 2. The Morgan fingerprint density at radius 3 is 2.79 bits per heavy atom. The fourth-order valence-corrected chi connectivity index (χ4v) is 2.40. The van der Waals surface area contributed by atoms with E-state index in [1.54, 1.807) is 12.1 Å². The lowest BCUT2D eigenvalue weighted by molar-refractivity contribution is -0.118. The van der Waals surface area contributed by atoms with Crippen molar-refractivity contribution in [1.29, 1.82) is 0 Å². The van der Waals surface area contributed by atoms with Crippen LogP contribution in [0.4, 0.5) is 5.95 Å². The molecule has 0 bridgehead atoms. The van der Waals surface area contributed by atoms with Crippen molar-refractivity contribution < 1.29 is 9.53 Å². The molecule has 1 heterocycles. The summed E-state index contributed by atoms with van der Waals surface area (Å²) in [6.07, 6.45) is 0. The number of nitrogens with zero attached hydrogens (tertiary/aromatic N) is 2. The molecule has 122 valence electrons. The number of carbonyl (C=O) groups excluding carboxylic acids is 1. The van der Waals surface area contributed by atoms with Crippen LogP contribution >= 0.6 is 15.9 Å². The zero-order chi connectivity index (χ0) is 16.9. The largest absolute Gasteiger partial charge is 0.484 e. The highest BCUT2D eigenvalue weighted by Crippen LogP contribution is 2.18. The van der Waals surface area contributed by atoms with E-state index in [0.29, 0.717) is 11.6 Å². The maximum absolute atomic E-state index is 11.9. The average molecular weight is 387 g/mol. The van der Waals surface area contributed by atoms with Crippen LogP contribution in [0, 0.1) is 6.92 Å². The highest BCUT2D eigenvalue weighted by atomic mass is 79.9. The van der Waals surface area contributed by atoms with Crippen LogP contribution in [0.2, 0.25) is 0 Å². The van der Waals surface area contributed by atoms with E-state index in [2.05, 4.69) is 36.4 Å². The van der Waals surface area contributed by atoms with E-state index in [0.717, 1.165) is 15.6 Å². The number of ether oxygens (including phenoxy) is 1. The zero-order valence-corrected chi connectivity index (χ0v) is 14.5. The number of benzene rings is 2. The molecule has 3 aromatic rings. The van der Waals surface area contributed by atoms with Crippen LogP contribution in [0.1, 0.15) is 5.56 Å². The Hall–Kier alpha value is -2.67. The highest BCUT2D eigenvalue weighted by molar-refractivity contribution is 9.10. The first-order valence-corrected chi connectivity index (χ1v) is 8.07. The Balaban J connectivity index is 1.58. The minimum Gasteiger partial charge on any atom is -0.484 e. The first kappa shape index (κ1) is 16.2. The maximum atomic E-state index is 11.9. The van der Waals surface area contributed by atoms with Crippen LogP contribution in [0.25, 0.3) is 11.4 Å². The molecule has 1 amide bonds. The standard InChI is InChI=1S/C17H15BrN4O2/c1-11-5-7-12(8-6-11)16-20-17(22-21-16)19-15(23)10-24-14-4-2-3-13(18)9-14/h2-9H,10H2,1H3,(H2,19,20,21,22,23). The van der Waals surface area contributed by atoms with Gasteiger partial charge in [-0.3, -0.25) is 15.2 Å². The average Bonchev–Trinajstić information content (AvgIpc) is 3.02. The molecule has 3 rings (SSSR count). The van der Waals surface area contributed by atoms with Crippen LogP contribution in [0.5, 0.6) is 5.75 Å². The van der Waals surface area contributed by atoms with Crippen molar-refractivity contribution in [2.75, 3.05) is 11.9 Å². The van der Waals surface area contributed by atoms with E-state index < -0.39 is 0 Å². The predicted molar refractivity (Wildman–Crippen MR) is 94.8 cm³/mol. The molecule has 0 spiro atoms. The van der Waals surface area contributed by atoms with E-state index in [9.17, 15) is 4.79 Å². The summed E-state index contributed by atoms with van der Waals surface area (Å²) >= 11 is 3.35. The van der Waals surface area contributed by atoms with Crippen molar-refractivity contribution in [2.24, 2.45) is 0 Å². The molecule has 0 saturated carbocycles. The normalized spacial score (nSPS) is 10.4. The number of anilines is 1. The molecule has 0 saturated heterocycles. The number of aromatic amines is 1. The van der Waals surface area contributed by atoms with Crippen molar-refractivity contribution in [3.63, 3.8) is 0 Å². The van der Waals surface area contributed by atoms with Gasteiger partial charge in [0.15, 0.2) is 12.4 Å². The number of amides is 1. The number of aryl methyl sites for hydroxylation is 1. The minimum absolute atomic E-state index is 0.120. The quantitative estimate of drug-likeness (QED) is 0.702. The third-order valence-corrected chi connectivity index (χ3v) is 3.72. The van der Waals surface area contributed by atoms with Crippen LogP contribution in [-0.2, 0) is 4.79 Å². The van der Waals surface area contributed by atoms with Gasteiger partial charge in [-0.2, -0.15) is 4.98 Å². The van der Waals surface area contributed by atoms with Crippen LogP contribution in [0.3, 0.4) is 0 Å². The lowest BCUT2D eigenvalue weighted by atomic mass is 10.1. The van der Waals surface area contributed by atoms with Gasteiger partial charge in [0.2, 0.25) is 5.95 Å². The number of carbonyl (C=O) groups is 1. The van der Waals surface area contributed by atoms with Gasteiger partial charge in [-0.15, -0.1) is 5.10 Å². The molecule has 1 aromatic heterocycles. The Kier molecular flexibility index (Phi) is 4.90. The minimum atomic E-state index is -0.329. The molecule has 0 radical (unpaired) electrons. The molecule has 0 aliphatic heterocycles. The number of H-pyrrole nitrogens is 1. The van der Waals surface area contributed by atoms with Crippen LogP contribution in [0.15, 0.2) is 53.0 Å². The fourth-order valence-electron chi connectivity index (χ4n) is 2.02. The van der Waals surface area contributed by atoms with E-state index in [4.69, 9.17) is 4.74 Å². The van der Waals surface area contributed by atoms with E-state index in [-0.39, 0.29) is 18.5 Å². The smallest absolute Gasteiger partial charge is 0.264 e. The Bertz CT molecular complexity index is 846. The third kappa shape index (κ3) is 4.20. The van der Waals surface area contributed by atoms with Gasteiger partial charge in [0.05, 0.1) is 0 Å². The van der Waals surface area contributed by atoms with Crippen LogP contribution < -0.4 is 10.1 Å². The summed E-state index contributed by atoms with van der Waals surface area (Å²) in [7, 11) is 0. The molecule has 6 nitrogen and oxygen atoms in total. The van der Waals surface area contributed by atoms with Crippen LogP contribution in [-0.4, -0.2) is 27.7 Å². The van der Waals surface area contributed by atoms with Crippen molar-refractivity contribution in [3.05, 3.63) is 58.6 Å². The summed E-state index contributed by atoms with van der Waals surface area (Å²) in [5, 5.41) is 9.40. The second-order valence-electron chi connectivity index (χ2n) is 5.17. The van der Waals surface area contributed by atoms with Gasteiger partial charge < -0.3 is 4.74 Å². The van der Waals surface area contributed by atoms with Gasteiger partial charge in [-0.1, -0.05) is 51.8 Å². The van der Waals surface area contributed by atoms with Crippen molar-refractivity contribution >= 4 is 27.8 Å². The molecule has 7 heteroatoms. The molecule has 0 aliphatic rings. The summed E-state index contributed by atoms with van der Waals surface area (Å²) in [5.74, 6) is 1.09. The number of hydrogen-bond acceptors (Lipinski definition) is 4. The van der Waals surface area contributed by atoms with Gasteiger partial charge in [-0.25, -0.2) is 0 Å². The second-order valence-corrected chi connectivity index (χ2v) is 6.08. The van der Waals surface area contributed by atoms with E-state index >= 15 is 0 Å². The SMILES string of the molecule is Cc1ccc(-c2nc(NC(=O)COc3cccc(Br)c3)n[nH]2)cc1. The summed E-state index contributed by atoms with van der Waals surface area (Å²) in [6.45, 7) is 1.89. The lowest BCUT2D eigenvalue weighted by Crippen LogP contribution is -2.20. The summed E-state index contributed by atoms with van der Waals surface area (Å²) in [5.41, 5.74) is 2.07. The number of halogens is 1. The second kappa shape index (κ2) is 7.27. The summed E-state index contributed by atoms with van der Waals surface area (Å²) < 4.78 is 6.30. The molecule has 2 aromatic carbocycles. The number of aromatic nitrogens is 3. The first-order chi connectivity index (χ1) is 11.6. The maximum Gasteiger partial charge on any atom is 0.264 e. The molecule has 0 fully saturated rings. The zero-order valence-electron chi connectivity index (χ0n) is 12.9. The van der Waals surface area contributed by atoms with E-state index in [1.807, 2.05) is 43.3 Å². The third-order valence-electron chi connectivity index (χ3n) is 3.23. The molecule has 0 atom stereocenters. The van der Waals surface area contributed by atoms with Crippen molar-refractivity contribution in [2.45, 2.75) is 6.92 Å². The van der Waals surface area contributed by atoms with Gasteiger partial charge in [0.1, 0.15) is 5.75 Å². The molecule has 0 unspecified atom stereocenters. The first-order valence-electron chi connectivity index (χ1n) is 7.28. The summed E-state index contributed by atoms with van der Waals surface area (Å²) in [4.78, 5) is 16.2.